The van der Waals surface area contributed by atoms with Crippen molar-refractivity contribution < 1.29 is 13.9 Å². The molecule has 0 N–H and O–H groups in total. The average molecular weight is 409 g/mol. The molecule has 8 heteroatoms. The van der Waals surface area contributed by atoms with Crippen molar-refractivity contribution in [2.45, 2.75) is 18.8 Å². The van der Waals surface area contributed by atoms with Crippen molar-refractivity contribution in [3.63, 3.8) is 0 Å². The van der Waals surface area contributed by atoms with Crippen LogP contribution in [-0.2, 0) is 6.61 Å². The third-order valence-corrected chi connectivity index (χ3v) is 4.96. The molecule has 0 aliphatic carbocycles. The number of aromatic nitrogens is 2. The smallest absolute Gasteiger partial charge is 0.277 e. The van der Waals surface area contributed by atoms with Gasteiger partial charge in [-0.05, 0) is 37.3 Å². The number of carbonyl (C=O) groups is 1. The van der Waals surface area contributed by atoms with E-state index in [1.165, 1.54) is 0 Å². The second kappa shape index (κ2) is 8.58. The maximum absolute atomic E-state index is 12.2. The maximum Gasteiger partial charge on any atom is 0.277 e. The zero-order valence-corrected chi connectivity index (χ0v) is 16.1. The van der Waals surface area contributed by atoms with E-state index >= 15 is 0 Å². The van der Waals surface area contributed by atoms with Crippen LogP contribution in [0.1, 0.15) is 21.8 Å². The Morgan fingerprint density at radius 1 is 1.12 bits per heavy atom. The molecule has 26 heavy (non-hydrogen) atoms. The standard InChI is InChI=1S/C18H14Cl2N2O3S/c1-11-2-5-13(6-3-11)24-9-17-21-22-18(25-17)26-10-16(23)12-4-7-14(19)15(20)8-12/h2-8H,9-10H2,1H3. The first-order chi connectivity index (χ1) is 12.5. The number of hydrogen-bond acceptors (Lipinski definition) is 6. The van der Waals surface area contributed by atoms with Crippen molar-refractivity contribution in [3.8, 4) is 5.75 Å². The van der Waals surface area contributed by atoms with Gasteiger partial charge in [-0.25, -0.2) is 0 Å². The summed E-state index contributed by atoms with van der Waals surface area (Å²) in [5.74, 6) is 1.11. The lowest BCUT2D eigenvalue weighted by Crippen LogP contribution is -2.02. The van der Waals surface area contributed by atoms with Crippen LogP contribution in [0.4, 0.5) is 0 Å². The third-order valence-electron chi connectivity index (χ3n) is 3.40. The van der Waals surface area contributed by atoms with Crippen LogP contribution < -0.4 is 4.74 Å². The molecule has 0 aliphatic rings. The van der Waals surface area contributed by atoms with E-state index in [0.29, 0.717) is 26.7 Å². The summed E-state index contributed by atoms with van der Waals surface area (Å²) in [6.45, 7) is 2.17. The molecule has 0 amide bonds. The van der Waals surface area contributed by atoms with Crippen LogP contribution in [0.2, 0.25) is 10.0 Å². The highest BCUT2D eigenvalue weighted by atomic mass is 35.5. The Morgan fingerprint density at radius 2 is 1.88 bits per heavy atom. The molecule has 0 unspecified atom stereocenters. The first-order valence-corrected chi connectivity index (χ1v) is 9.38. The van der Waals surface area contributed by atoms with Crippen molar-refractivity contribution in [2.24, 2.45) is 0 Å². The summed E-state index contributed by atoms with van der Waals surface area (Å²) >= 11 is 12.9. The number of benzene rings is 2. The van der Waals surface area contributed by atoms with Crippen LogP contribution in [0, 0.1) is 6.92 Å². The number of aryl methyl sites for hydroxylation is 1. The van der Waals surface area contributed by atoms with Gasteiger partial charge < -0.3 is 9.15 Å². The van der Waals surface area contributed by atoms with E-state index in [9.17, 15) is 4.79 Å². The fraction of sp³-hybridized carbons (Fsp3) is 0.167. The van der Waals surface area contributed by atoms with Crippen molar-refractivity contribution in [2.75, 3.05) is 5.75 Å². The van der Waals surface area contributed by atoms with Gasteiger partial charge in [-0.3, -0.25) is 4.79 Å². The van der Waals surface area contributed by atoms with E-state index in [1.807, 2.05) is 31.2 Å². The van der Waals surface area contributed by atoms with E-state index in [2.05, 4.69) is 10.2 Å². The van der Waals surface area contributed by atoms with Gasteiger partial charge in [0.05, 0.1) is 15.8 Å². The third kappa shape index (κ3) is 5.00. The van der Waals surface area contributed by atoms with Crippen LogP contribution in [0.5, 0.6) is 5.75 Å². The Balaban J connectivity index is 1.52. The minimum Gasteiger partial charge on any atom is -0.484 e. The largest absolute Gasteiger partial charge is 0.484 e. The van der Waals surface area contributed by atoms with E-state index in [-0.39, 0.29) is 18.1 Å². The lowest BCUT2D eigenvalue weighted by Gasteiger charge is -2.03. The van der Waals surface area contributed by atoms with E-state index in [1.54, 1.807) is 18.2 Å². The first-order valence-electron chi connectivity index (χ1n) is 7.64. The number of carbonyl (C=O) groups excluding carboxylic acids is 1. The van der Waals surface area contributed by atoms with Gasteiger partial charge in [0.25, 0.3) is 11.1 Å². The summed E-state index contributed by atoms with van der Waals surface area (Å²) in [5.41, 5.74) is 1.63. The van der Waals surface area contributed by atoms with Gasteiger partial charge in [0.1, 0.15) is 5.75 Å². The summed E-state index contributed by atoms with van der Waals surface area (Å²) in [6.07, 6.45) is 0. The highest BCUT2D eigenvalue weighted by molar-refractivity contribution is 7.99. The van der Waals surface area contributed by atoms with Crippen LogP contribution in [-0.4, -0.2) is 21.7 Å². The summed E-state index contributed by atoms with van der Waals surface area (Å²) in [6, 6.07) is 12.4. The molecule has 0 fully saturated rings. The van der Waals surface area contributed by atoms with Crippen LogP contribution in [0.3, 0.4) is 0 Å². The molecule has 2 aromatic carbocycles. The predicted molar refractivity (Wildman–Crippen MR) is 101 cm³/mol. The van der Waals surface area contributed by atoms with Gasteiger partial charge >= 0.3 is 0 Å². The molecule has 0 atom stereocenters. The SMILES string of the molecule is Cc1ccc(OCc2nnc(SCC(=O)c3ccc(Cl)c(Cl)c3)o2)cc1. The summed E-state index contributed by atoms with van der Waals surface area (Å²) in [4.78, 5) is 12.2. The molecule has 1 aromatic heterocycles. The molecule has 0 saturated carbocycles. The molecule has 0 spiro atoms. The zero-order valence-electron chi connectivity index (χ0n) is 13.7. The number of ether oxygens (including phenoxy) is 1. The normalized spacial score (nSPS) is 10.7. The number of hydrogen-bond donors (Lipinski definition) is 0. The van der Waals surface area contributed by atoms with Crippen molar-refractivity contribution in [3.05, 3.63) is 69.5 Å². The number of halogens is 2. The second-order valence-corrected chi connectivity index (χ2v) is 7.15. The van der Waals surface area contributed by atoms with E-state index in [4.69, 9.17) is 32.4 Å². The molecule has 1 heterocycles. The fourth-order valence-electron chi connectivity index (χ4n) is 2.01. The molecular formula is C18H14Cl2N2O3S. The second-order valence-electron chi connectivity index (χ2n) is 5.40. The Labute approximate surface area is 164 Å². The Morgan fingerprint density at radius 3 is 2.62 bits per heavy atom. The summed E-state index contributed by atoms with van der Waals surface area (Å²) < 4.78 is 11.1. The highest BCUT2D eigenvalue weighted by Crippen LogP contribution is 2.24. The Hall–Kier alpha value is -2.02. The van der Waals surface area contributed by atoms with Crippen molar-refractivity contribution >= 4 is 40.7 Å². The number of rotatable bonds is 7. The number of ketones is 1. The highest BCUT2D eigenvalue weighted by Gasteiger charge is 2.13. The number of Topliss-reactive ketones (excluding diaryl/α,β-unsaturated/α-hetero) is 1. The molecule has 3 aromatic rings. The zero-order chi connectivity index (χ0) is 18.5. The molecule has 0 aliphatic heterocycles. The molecule has 0 radical (unpaired) electrons. The fourth-order valence-corrected chi connectivity index (χ4v) is 2.99. The van der Waals surface area contributed by atoms with Crippen molar-refractivity contribution in [1.82, 2.24) is 10.2 Å². The van der Waals surface area contributed by atoms with Crippen LogP contribution in [0.15, 0.2) is 52.1 Å². The minimum atomic E-state index is -0.107. The lowest BCUT2D eigenvalue weighted by molar-refractivity contribution is 0.102. The summed E-state index contributed by atoms with van der Waals surface area (Å²) in [7, 11) is 0. The lowest BCUT2D eigenvalue weighted by atomic mass is 10.1. The first kappa shape index (κ1) is 18.8. The maximum atomic E-state index is 12.2. The van der Waals surface area contributed by atoms with Gasteiger partial charge in [-0.1, -0.05) is 52.7 Å². The molecule has 5 nitrogen and oxygen atoms in total. The van der Waals surface area contributed by atoms with Crippen molar-refractivity contribution in [1.29, 1.82) is 0 Å². The molecule has 134 valence electrons. The average Bonchev–Trinajstić information content (AvgIpc) is 3.09. The molecule has 0 bridgehead atoms. The number of nitrogens with zero attached hydrogens (tertiary/aromatic N) is 2. The monoisotopic (exact) mass is 408 g/mol. The van der Waals surface area contributed by atoms with Gasteiger partial charge in [-0.15, -0.1) is 10.2 Å². The number of thioether (sulfide) groups is 1. The Bertz CT molecular complexity index is 913. The molecular weight excluding hydrogens is 395 g/mol. The predicted octanol–water partition coefficient (Wildman–Crippen LogP) is 5.24. The van der Waals surface area contributed by atoms with Gasteiger partial charge in [-0.2, -0.15) is 0 Å². The van der Waals surface area contributed by atoms with Gasteiger partial charge in [0, 0.05) is 5.56 Å². The molecule has 3 rings (SSSR count). The Kier molecular flexibility index (Phi) is 6.19. The van der Waals surface area contributed by atoms with Gasteiger partial charge in [0.2, 0.25) is 0 Å². The van der Waals surface area contributed by atoms with E-state index < -0.39 is 0 Å². The quantitative estimate of drug-likeness (QED) is 0.393. The van der Waals surface area contributed by atoms with Gasteiger partial charge in [0.15, 0.2) is 12.4 Å². The summed E-state index contributed by atoms with van der Waals surface area (Å²) in [5, 5.41) is 8.88. The van der Waals surface area contributed by atoms with E-state index in [0.717, 1.165) is 23.1 Å². The minimum absolute atomic E-state index is 0.107. The molecule has 0 saturated heterocycles. The van der Waals surface area contributed by atoms with Crippen LogP contribution in [0.25, 0.3) is 0 Å². The topological polar surface area (TPSA) is 65.2 Å². The van der Waals surface area contributed by atoms with Crippen LogP contribution >= 0.6 is 35.0 Å².